The predicted molar refractivity (Wildman–Crippen MR) is 81.3 cm³/mol. The third-order valence-electron chi connectivity index (χ3n) is 3.55. The van der Waals surface area contributed by atoms with E-state index in [9.17, 15) is 5.11 Å². The van der Waals surface area contributed by atoms with Crippen LogP contribution in [0.5, 0.6) is 0 Å². The Kier molecular flexibility index (Phi) is 5.27. The van der Waals surface area contributed by atoms with Gasteiger partial charge in [0.25, 0.3) is 0 Å². The van der Waals surface area contributed by atoms with Gasteiger partial charge >= 0.3 is 0 Å². The van der Waals surface area contributed by atoms with E-state index >= 15 is 0 Å². The van der Waals surface area contributed by atoms with Gasteiger partial charge in [-0.25, -0.2) is 0 Å². The maximum Gasteiger partial charge on any atom is 0.0940 e. The molecule has 0 bridgehead atoms. The van der Waals surface area contributed by atoms with Crippen molar-refractivity contribution >= 4 is 0 Å². The summed E-state index contributed by atoms with van der Waals surface area (Å²) in [6, 6.07) is 12.1. The average molecular weight is 270 g/mol. The molecule has 0 aliphatic carbocycles. The molecular formula is C17H22N2O. The second-order valence-electron chi connectivity index (χ2n) is 5.07. The summed E-state index contributed by atoms with van der Waals surface area (Å²) >= 11 is 0. The molecule has 0 amide bonds. The molecule has 0 saturated carbocycles. The molecule has 2 aromatic rings. The molecular weight excluding hydrogens is 248 g/mol. The highest BCUT2D eigenvalue weighted by Gasteiger charge is 2.15. The van der Waals surface area contributed by atoms with Crippen molar-refractivity contribution in [1.82, 2.24) is 10.3 Å². The number of benzene rings is 1. The first-order valence-corrected chi connectivity index (χ1v) is 7.10. The van der Waals surface area contributed by atoms with Gasteiger partial charge in [-0.3, -0.25) is 4.98 Å². The van der Waals surface area contributed by atoms with E-state index in [1.54, 1.807) is 6.20 Å². The molecule has 3 heteroatoms. The fourth-order valence-electron chi connectivity index (χ4n) is 2.13. The third-order valence-corrected chi connectivity index (χ3v) is 3.55. The van der Waals surface area contributed by atoms with E-state index in [0.717, 1.165) is 17.5 Å². The molecule has 20 heavy (non-hydrogen) atoms. The lowest BCUT2D eigenvalue weighted by Gasteiger charge is -2.21. The number of aromatic nitrogens is 1. The van der Waals surface area contributed by atoms with Gasteiger partial charge in [0.15, 0.2) is 0 Å². The Hall–Kier alpha value is -1.71. The largest absolute Gasteiger partial charge is 0.387 e. The summed E-state index contributed by atoms with van der Waals surface area (Å²) in [5, 5.41) is 13.7. The van der Waals surface area contributed by atoms with Gasteiger partial charge in [0.2, 0.25) is 0 Å². The molecule has 1 aromatic carbocycles. The Labute approximate surface area is 120 Å². The highest BCUT2D eigenvalue weighted by atomic mass is 16.3. The lowest BCUT2D eigenvalue weighted by molar-refractivity contribution is 0.135. The van der Waals surface area contributed by atoms with E-state index in [-0.39, 0.29) is 6.04 Å². The first kappa shape index (κ1) is 14.7. The highest BCUT2D eigenvalue weighted by Crippen LogP contribution is 2.18. The third kappa shape index (κ3) is 3.89. The first-order chi connectivity index (χ1) is 9.70. The van der Waals surface area contributed by atoms with Gasteiger partial charge in [-0.05, 0) is 36.1 Å². The van der Waals surface area contributed by atoms with Crippen LogP contribution in [0, 0.1) is 0 Å². The minimum atomic E-state index is -0.502. The van der Waals surface area contributed by atoms with E-state index < -0.39 is 6.10 Å². The van der Waals surface area contributed by atoms with Crippen LogP contribution in [0.2, 0.25) is 0 Å². The Bertz CT molecular complexity index is 510. The topological polar surface area (TPSA) is 45.1 Å². The molecule has 0 spiro atoms. The van der Waals surface area contributed by atoms with Crippen LogP contribution in [-0.4, -0.2) is 16.1 Å². The van der Waals surface area contributed by atoms with Crippen LogP contribution < -0.4 is 5.32 Å². The molecule has 2 N–H and O–H groups in total. The lowest BCUT2D eigenvalue weighted by atomic mass is 10.0. The first-order valence-electron chi connectivity index (χ1n) is 7.10. The van der Waals surface area contributed by atoms with Crippen molar-refractivity contribution in [3.05, 3.63) is 65.5 Å². The second-order valence-corrected chi connectivity index (χ2v) is 5.07. The maximum absolute atomic E-state index is 10.4. The van der Waals surface area contributed by atoms with Crippen molar-refractivity contribution in [2.45, 2.75) is 39.0 Å². The number of nitrogens with zero attached hydrogens (tertiary/aromatic N) is 1. The van der Waals surface area contributed by atoms with Crippen LogP contribution in [0.4, 0.5) is 0 Å². The van der Waals surface area contributed by atoms with E-state index in [1.165, 1.54) is 5.56 Å². The number of aryl methyl sites for hydroxylation is 1. The van der Waals surface area contributed by atoms with Crippen molar-refractivity contribution in [2.24, 2.45) is 0 Å². The SMILES string of the molecule is CCc1ccc(C(O)C(C)NCc2cccnc2)cc1. The zero-order chi connectivity index (χ0) is 14.4. The quantitative estimate of drug-likeness (QED) is 0.848. The van der Waals surface area contributed by atoms with Gasteiger partial charge in [0.05, 0.1) is 6.10 Å². The van der Waals surface area contributed by atoms with Crippen molar-refractivity contribution in [3.63, 3.8) is 0 Å². The van der Waals surface area contributed by atoms with Crippen molar-refractivity contribution in [3.8, 4) is 0 Å². The summed E-state index contributed by atoms with van der Waals surface area (Å²) in [6.45, 7) is 4.83. The van der Waals surface area contributed by atoms with E-state index in [2.05, 4.69) is 29.4 Å². The van der Waals surface area contributed by atoms with Gasteiger partial charge in [-0.2, -0.15) is 0 Å². The van der Waals surface area contributed by atoms with Crippen LogP contribution in [0.15, 0.2) is 48.8 Å². The maximum atomic E-state index is 10.4. The number of rotatable bonds is 6. The molecule has 0 aliphatic rings. The Morgan fingerprint density at radius 2 is 1.90 bits per heavy atom. The van der Waals surface area contributed by atoms with Crippen LogP contribution in [0.25, 0.3) is 0 Å². The second kappa shape index (κ2) is 7.17. The summed E-state index contributed by atoms with van der Waals surface area (Å²) in [5.74, 6) is 0. The highest BCUT2D eigenvalue weighted by molar-refractivity contribution is 5.25. The van der Waals surface area contributed by atoms with Gasteiger partial charge < -0.3 is 10.4 Å². The van der Waals surface area contributed by atoms with E-state index in [0.29, 0.717) is 6.54 Å². The van der Waals surface area contributed by atoms with Crippen LogP contribution in [-0.2, 0) is 13.0 Å². The van der Waals surface area contributed by atoms with Gasteiger partial charge in [-0.1, -0.05) is 37.3 Å². The predicted octanol–water partition coefficient (Wildman–Crippen LogP) is 2.86. The molecule has 3 nitrogen and oxygen atoms in total. The number of aliphatic hydroxyl groups is 1. The average Bonchev–Trinajstić information content (AvgIpc) is 2.53. The molecule has 1 aromatic heterocycles. The van der Waals surface area contributed by atoms with Crippen LogP contribution in [0.1, 0.15) is 36.6 Å². The molecule has 2 rings (SSSR count). The number of pyridine rings is 1. The summed E-state index contributed by atoms with van der Waals surface area (Å²) in [5.41, 5.74) is 3.36. The van der Waals surface area contributed by atoms with E-state index in [4.69, 9.17) is 0 Å². The zero-order valence-electron chi connectivity index (χ0n) is 12.1. The zero-order valence-corrected chi connectivity index (χ0v) is 12.1. The standard InChI is InChI=1S/C17H22N2O/c1-3-14-6-8-16(9-7-14)17(20)13(2)19-12-15-5-4-10-18-11-15/h4-11,13,17,19-20H,3,12H2,1-2H3. The molecule has 0 aliphatic heterocycles. The Morgan fingerprint density at radius 3 is 2.50 bits per heavy atom. The number of hydrogen-bond donors (Lipinski definition) is 2. The van der Waals surface area contributed by atoms with Crippen molar-refractivity contribution in [2.75, 3.05) is 0 Å². The van der Waals surface area contributed by atoms with E-state index in [1.807, 2.05) is 37.4 Å². The summed E-state index contributed by atoms with van der Waals surface area (Å²) in [6.07, 6.45) is 4.11. The van der Waals surface area contributed by atoms with Crippen LogP contribution >= 0.6 is 0 Å². The summed E-state index contributed by atoms with van der Waals surface area (Å²) < 4.78 is 0. The number of nitrogens with one attached hydrogen (secondary N) is 1. The monoisotopic (exact) mass is 270 g/mol. The van der Waals surface area contributed by atoms with Crippen LogP contribution in [0.3, 0.4) is 0 Å². The molecule has 0 fully saturated rings. The fraction of sp³-hybridized carbons (Fsp3) is 0.353. The van der Waals surface area contributed by atoms with Gasteiger partial charge in [0.1, 0.15) is 0 Å². The van der Waals surface area contributed by atoms with Gasteiger partial charge in [0, 0.05) is 25.0 Å². The smallest absolute Gasteiger partial charge is 0.0940 e. The molecule has 0 radical (unpaired) electrons. The Balaban J connectivity index is 1.92. The molecule has 1 heterocycles. The molecule has 2 unspecified atom stereocenters. The normalized spacial score (nSPS) is 13.9. The lowest BCUT2D eigenvalue weighted by Crippen LogP contribution is -2.31. The minimum Gasteiger partial charge on any atom is -0.387 e. The summed E-state index contributed by atoms with van der Waals surface area (Å²) in [4.78, 5) is 4.08. The van der Waals surface area contributed by atoms with Crippen molar-refractivity contribution in [1.29, 1.82) is 0 Å². The van der Waals surface area contributed by atoms with Gasteiger partial charge in [-0.15, -0.1) is 0 Å². The molecule has 106 valence electrons. The molecule has 2 atom stereocenters. The number of aliphatic hydroxyl groups excluding tert-OH is 1. The Morgan fingerprint density at radius 1 is 1.15 bits per heavy atom. The summed E-state index contributed by atoms with van der Waals surface area (Å²) in [7, 11) is 0. The molecule has 0 saturated heterocycles. The minimum absolute atomic E-state index is 0.0114. The van der Waals surface area contributed by atoms with Crippen molar-refractivity contribution < 1.29 is 5.11 Å². The fourth-order valence-corrected chi connectivity index (χ4v) is 2.13. The number of hydrogen-bond acceptors (Lipinski definition) is 3.